The first-order chi connectivity index (χ1) is 9.13. The lowest BCUT2D eigenvalue weighted by molar-refractivity contribution is 0.375. The molecule has 1 fully saturated rings. The van der Waals surface area contributed by atoms with Crippen molar-refractivity contribution in [1.82, 2.24) is 19.8 Å². The molecule has 1 atom stereocenters. The molecule has 1 unspecified atom stereocenters. The Hall–Kier alpha value is -0.630. The van der Waals surface area contributed by atoms with Gasteiger partial charge in [-0.3, -0.25) is 4.68 Å². The monoisotopic (exact) mass is 322 g/mol. The van der Waals surface area contributed by atoms with Gasteiger partial charge in [-0.25, -0.2) is 13.1 Å². The van der Waals surface area contributed by atoms with E-state index < -0.39 is 10.0 Å². The molecule has 1 aliphatic heterocycles. The zero-order chi connectivity index (χ0) is 13.7. The summed E-state index contributed by atoms with van der Waals surface area (Å²) in [6.07, 6.45) is 4.58. The van der Waals surface area contributed by atoms with E-state index in [0.717, 1.165) is 32.4 Å². The van der Waals surface area contributed by atoms with Crippen LogP contribution in [0, 0.1) is 5.92 Å². The molecule has 0 bridgehead atoms. The van der Waals surface area contributed by atoms with Crippen LogP contribution in [0.4, 0.5) is 0 Å². The fraction of sp³-hybridized carbons (Fsp3) is 0.750. The van der Waals surface area contributed by atoms with Crippen molar-refractivity contribution in [3.05, 3.63) is 12.3 Å². The van der Waals surface area contributed by atoms with E-state index in [2.05, 4.69) is 15.1 Å². The predicted octanol–water partition coefficient (Wildman–Crippen LogP) is 0.993. The number of aryl methyl sites for hydroxylation is 1. The highest BCUT2D eigenvalue weighted by atomic mass is 35.5. The van der Waals surface area contributed by atoms with Gasteiger partial charge in [0.15, 0.2) is 5.03 Å². The first kappa shape index (κ1) is 17.4. The molecule has 1 saturated heterocycles. The fourth-order valence-electron chi connectivity index (χ4n) is 2.33. The molecule has 0 aromatic carbocycles. The lowest BCUT2D eigenvalue weighted by Gasteiger charge is -2.22. The summed E-state index contributed by atoms with van der Waals surface area (Å²) in [5.74, 6) is 0.381. The van der Waals surface area contributed by atoms with Crippen molar-refractivity contribution in [2.75, 3.05) is 19.6 Å². The Morgan fingerprint density at radius 3 is 3.00 bits per heavy atom. The lowest BCUT2D eigenvalue weighted by Crippen LogP contribution is -2.38. The third-order valence-corrected chi connectivity index (χ3v) is 4.79. The van der Waals surface area contributed by atoms with Gasteiger partial charge in [0.05, 0.1) is 6.20 Å². The normalized spacial score (nSPS) is 19.6. The molecule has 8 heteroatoms. The Morgan fingerprint density at radius 2 is 2.35 bits per heavy atom. The second-order valence-electron chi connectivity index (χ2n) is 4.96. The van der Waals surface area contributed by atoms with Gasteiger partial charge in [-0.2, -0.15) is 5.10 Å². The number of nitrogens with zero attached hydrogens (tertiary/aromatic N) is 2. The lowest BCUT2D eigenvalue weighted by atomic mass is 10.0. The molecule has 2 heterocycles. The third kappa shape index (κ3) is 4.44. The molecule has 6 nitrogen and oxygen atoms in total. The van der Waals surface area contributed by atoms with Gasteiger partial charge >= 0.3 is 0 Å². The van der Waals surface area contributed by atoms with E-state index in [4.69, 9.17) is 0 Å². The summed E-state index contributed by atoms with van der Waals surface area (Å²) in [5, 5.41) is 7.60. The Balaban J connectivity index is 0.00000200. The molecular formula is C12H23ClN4O2S. The van der Waals surface area contributed by atoms with Gasteiger partial charge in [0.25, 0.3) is 10.0 Å². The summed E-state index contributed by atoms with van der Waals surface area (Å²) in [6.45, 7) is 5.03. The van der Waals surface area contributed by atoms with E-state index >= 15 is 0 Å². The van der Waals surface area contributed by atoms with Gasteiger partial charge in [-0.15, -0.1) is 12.4 Å². The second-order valence-corrected chi connectivity index (χ2v) is 6.67. The van der Waals surface area contributed by atoms with Crippen LogP contribution < -0.4 is 10.0 Å². The van der Waals surface area contributed by atoms with Crippen molar-refractivity contribution in [2.45, 2.75) is 37.8 Å². The molecular weight excluding hydrogens is 300 g/mol. The van der Waals surface area contributed by atoms with Crippen molar-refractivity contribution in [2.24, 2.45) is 5.92 Å². The van der Waals surface area contributed by atoms with Crippen LogP contribution in [0.15, 0.2) is 17.3 Å². The number of piperidine rings is 1. The minimum Gasteiger partial charge on any atom is -0.316 e. The minimum atomic E-state index is -3.45. The van der Waals surface area contributed by atoms with Crippen LogP contribution in [0.1, 0.15) is 26.2 Å². The number of halogens is 1. The van der Waals surface area contributed by atoms with Crippen LogP contribution in [0.3, 0.4) is 0 Å². The number of rotatable bonds is 6. The van der Waals surface area contributed by atoms with Gasteiger partial charge in [0.1, 0.15) is 0 Å². The summed E-state index contributed by atoms with van der Waals surface area (Å²) in [6, 6.07) is 1.55. The van der Waals surface area contributed by atoms with Gasteiger partial charge in [-0.1, -0.05) is 6.92 Å². The summed E-state index contributed by atoms with van der Waals surface area (Å²) in [5.41, 5.74) is 0. The Bertz CT molecular complexity index is 497. The van der Waals surface area contributed by atoms with Crippen LogP contribution in [0.5, 0.6) is 0 Å². The third-order valence-electron chi connectivity index (χ3n) is 3.35. The van der Waals surface area contributed by atoms with E-state index in [9.17, 15) is 8.42 Å². The summed E-state index contributed by atoms with van der Waals surface area (Å²) >= 11 is 0. The largest absolute Gasteiger partial charge is 0.316 e. The smallest absolute Gasteiger partial charge is 0.257 e. The van der Waals surface area contributed by atoms with E-state index in [1.807, 2.05) is 6.92 Å². The summed E-state index contributed by atoms with van der Waals surface area (Å²) in [4.78, 5) is 0. The topological polar surface area (TPSA) is 76.0 Å². The van der Waals surface area contributed by atoms with Crippen LogP contribution in [-0.4, -0.2) is 37.8 Å². The standard InChI is InChI=1S/C12H22N4O2S.ClH/c1-2-8-16-12(5-7-14-16)19(17,18)15-10-11-4-3-6-13-9-11;/h5,7,11,13,15H,2-4,6,8-10H2,1H3;1H. The molecule has 0 radical (unpaired) electrons. The number of sulfonamides is 1. The SMILES string of the molecule is CCCn1nccc1S(=O)(=O)NCC1CCCNC1.Cl. The average Bonchev–Trinajstić information content (AvgIpc) is 2.87. The first-order valence-electron chi connectivity index (χ1n) is 6.85. The van der Waals surface area contributed by atoms with Crippen molar-refractivity contribution >= 4 is 22.4 Å². The maximum Gasteiger partial charge on any atom is 0.257 e. The number of aromatic nitrogens is 2. The Morgan fingerprint density at radius 1 is 1.55 bits per heavy atom. The van der Waals surface area contributed by atoms with Gasteiger partial charge < -0.3 is 5.32 Å². The van der Waals surface area contributed by atoms with Gasteiger partial charge in [0.2, 0.25) is 0 Å². The van der Waals surface area contributed by atoms with Crippen LogP contribution in [0.2, 0.25) is 0 Å². The molecule has 1 aromatic rings. The molecule has 20 heavy (non-hydrogen) atoms. The molecule has 116 valence electrons. The summed E-state index contributed by atoms with van der Waals surface area (Å²) < 4.78 is 28.7. The predicted molar refractivity (Wildman–Crippen MR) is 80.5 cm³/mol. The Labute approximate surface area is 126 Å². The summed E-state index contributed by atoms with van der Waals surface area (Å²) in [7, 11) is -3.45. The van der Waals surface area contributed by atoms with Gasteiger partial charge in [0, 0.05) is 13.1 Å². The molecule has 1 aliphatic rings. The fourth-order valence-corrected chi connectivity index (χ4v) is 3.59. The molecule has 0 aliphatic carbocycles. The van der Waals surface area contributed by atoms with Crippen molar-refractivity contribution in [3.63, 3.8) is 0 Å². The number of nitrogens with one attached hydrogen (secondary N) is 2. The van der Waals surface area contributed by atoms with E-state index in [1.54, 1.807) is 10.7 Å². The molecule has 0 saturated carbocycles. The quantitative estimate of drug-likeness (QED) is 0.819. The zero-order valence-corrected chi connectivity index (χ0v) is 13.3. The van der Waals surface area contributed by atoms with E-state index in [0.29, 0.717) is 19.0 Å². The molecule has 2 rings (SSSR count). The first-order valence-corrected chi connectivity index (χ1v) is 8.34. The molecule has 2 N–H and O–H groups in total. The minimum absolute atomic E-state index is 0. The van der Waals surface area contributed by atoms with Gasteiger partial charge in [-0.05, 0) is 44.3 Å². The highest BCUT2D eigenvalue weighted by molar-refractivity contribution is 7.89. The zero-order valence-electron chi connectivity index (χ0n) is 11.7. The van der Waals surface area contributed by atoms with Crippen LogP contribution in [-0.2, 0) is 16.6 Å². The maximum absolute atomic E-state index is 12.2. The van der Waals surface area contributed by atoms with Crippen LogP contribution in [0.25, 0.3) is 0 Å². The van der Waals surface area contributed by atoms with Crippen molar-refractivity contribution < 1.29 is 8.42 Å². The van der Waals surface area contributed by atoms with Crippen LogP contribution >= 0.6 is 12.4 Å². The molecule has 0 amide bonds. The van der Waals surface area contributed by atoms with E-state index in [1.165, 1.54) is 6.20 Å². The second kappa shape index (κ2) is 7.97. The molecule has 1 aromatic heterocycles. The molecule has 0 spiro atoms. The highest BCUT2D eigenvalue weighted by Crippen LogP contribution is 2.12. The van der Waals surface area contributed by atoms with Crippen molar-refractivity contribution in [1.29, 1.82) is 0 Å². The van der Waals surface area contributed by atoms with Crippen molar-refractivity contribution in [3.8, 4) is 0 Å². The number of hydrogen-bond acceptors (Lipinski definition) is 4. The average molecular weight is 323 g/mol. The number of hydrogen-bond donors (Lipinski definition) is 2. The van der Waals surface area contributed by atoms with E-state index in [-0.39, 0.29) is 17.4 Å². The Kier molecular flexibility index (Phi) is 6.94. The highest BCUT2D eigenvalue weighted by Gasteiger charge is 2.21. The maximum atomic E-state index is 12.2.